The van der Waals surface area contributed by atoms with Gasteiger partial charge < -0.3 is 4.42 Å². The molecular formula is C23H19F3N4OS. The average Bonchev–Trinajstić information content (AvgIpc) is 3.43. The molecule has 0 saturated heterocycles. The van der Waals surface area contributed by atoms with Crippen LogP contribution in [0.25, 0.3) is 22.2 Å². The highest BCUT2D eigenvalue weighted by Gasteiger charge is 2.30. The molecule has 0 radical (unpaired) electrons. The Bertz CT molecular complexity index is 1230. The van der Waals surface area contributed by atoms with Crippen LogP contribution in [0, 0.1) is 6.92 Å². The van der Waals surface area contributed by atoms with Crippen molar-refractivity contribution in [1.82, 2.24) is 19.9 Å². The Morgan fingerprint density at radius 1 is 1.12 bits per heavy atom. The number of nitrogens with zero attached hydrogens (tertiary/aromatic N) is 4. The first-order valence-electron chi connectivity index (χ1n) is 10.1. The monoisotopic (exact) mass is 456 g/mol. The van der Waals surface area contributed by atoms with Gasteiger partial charge >= 0.3 is 6.18 Å². The van der Waals surface area contributed by atoms with E-state index in [-0.39, 0.29) is 0 Å². The van der Waals surface area contributed by atoms with Crippen LogP contribution in [0.2, 0.25) is 0 Å². The Hall–Kier alpha value is -3.04. The molecule has 3 aromatic heterocycles. The zero-order chi connectivity index (χ0) is 22.3. The molecule has 9 heteroatoms. The molecule has 1 aliphatic heterocycles. The molecular weight excluding hydrogens is 437 g/mol. The van der Waals surface area contributed by atoms with E-state index in [0.717, 1.165) is 52.7 Å². The molecule has 32 heavy (non-hydrogen) atoms. The van der Waals surface area contributed by atoms with E-state index in [4.69, 9.17) is 4.42 Å². The van der Waals surface area contributed by atoms with Gasteiger partial charge in [-0.25, -0.2) is 15.0 Å². The zero-order valence-corrected chi connectivity index (χ0v) is 18.0. The van der Waals surface area contributed by atoms with Crippen molar-refractivity contribution in [2.45, 2.75) is 32.6 Å². The van der Waals surface area contributed by atoms with E-state index in [1.54, 1.807) is 17.5 Å². The molecule has 0 amide bonds. The van der Waals surface area contributed by atoms with Crippen LogP contribution >= 0.6 is 11.3 Å². The quantitative estimate of drug-likeness (QED) is 0.392. The van der Waals surface area contributed by atoms with Crippen molar-refractivity contribution >= 4 is 11.3 Å². The van der Waals surface area contributed by atoms with Gasteiger partial charge in [-0.2, -0.15) is 13.2 Å². The lowest BCUT2D eigenvalue weighted by molar-refractivity contribution is -0.137. The van der Waals surface area contributed by atoms with Crippen molar-refractivity contribution in [2.24, 2.45) is 0 Å². The standard InChI is InChI=1S/C23H19F3N4OS/c1-14-19(29-22(31-14)20-3-2-10-32-20)13-30-9-8-18-16(12-30)11-27-21(28-18)15-4-6-17(7-5-15)23(24,25)26/h2-7,10-11H,8-9,12-13H2,1H3. The number of hydrogen-bond acceptors (Lipinski definition) is 6. The van der Waals surface area contributed by atoms with Crippen LogP contribution in [-0.2, 0) is 25.7 Å². The average molecular weight is 456 g/mol. The number of rotatable bonds is 4. The van der Waals surface area contributed by atoms with Crippen molar-refractivity contribution in [1.29, 1.82) is 0 Å². The van der Waals surface area contributed by atoms with Gasteiger partial charge in [0.1, 0.15) is 5.76 Å². The fourth-order valence-electron chi connectivity index (χ4n) is 3.75. The molecule has 4 aromatic rings. The maximum Gasteiger partial charge on any atom is 0.416 e. The molecule has 0 atom stereocenters. The number of thiophene rings is 1. The summed E-state index contributed by atoms with van der Waals surface area (Å²) in [6, 6.07) is 8.91. The minimum absolute atomic E-state index is 0.443. The van der Waals surface area contributed by atoms with Gasteiger partial charge in [0.15, 0.2) is 5.82 Å². The van der Waals surface area contributed by atoms with Gasteiger partial charge in [0, 0.05) is 43.4 Å². The summed E-state index contributed by atoms with van der Waals surface area (Å²) in [5.74, 6) is 1.90. The number of hydrogen-bond donors (Lipinski definition) is 0. The summed E-state index contributed by atoms with van der Waals surface area (Å²) in [7, 11) is 0. The van der Waals surface area contributed by atoms with Gasteiger partial charge in [0.25, 0.3) is 0 Å². The van der Waals surface area contributed by atoms with Crippen molar-refractivity contribution in [3.8, 4) is 22.2 Å². The van der Waals surface area contributed by atoms with Crippen LogP contribution in [0.4, 0.5) is 13.2 Å². The summed E-state index contributed by atoms with van der Waals surface area (Å²) in [5, 5.41) is 2.00. The lowest BCUT2D eigenvalue weighted by Gasteiger charge is -2.27. The van der Waals surface area contributed by atoms with Crippen LogP contribution in [0.15, 0.2) is 52.4 Å². The van der Waals surface area contributed by atoms with Crippen LogP contribution in [0.1, 0.15) is 28.3 Å². The maximum absolute atomic E-state index is 12.8. The third kappa shape index (κ3) is 4.18. The predicted molar refractivity (Wildman–Crippen MR) is 115 cm³/mol. The fraction of sp³-hybridized carbons (Fsp3) is 0.261. The Morgan fingerprint density at radius 2 is 1.94 bits per heavy atom. The van der Waals surface area contributed by atoms with E-state index >= 15 is 0 Å². The zero-order valence-electron chi connectivity index (χ0n) is 17.2. The van der Waals surface area contributed by atoms with Gasteiger partial charge in [-0.1, -0.05) is 18.2 Å². The largest absolute Gasteiger partial charge is 0.440 e. The lowest BCUT2D eigenvalue weighted by Crippen LogP contribution is -2.31. The Morgan fingerprint density at radius 3 is 2.66 bits per heavy atom. The summed E-state index contributed by atoms with van der Waals surface area (Å²) in [4.78, 5) is 17.0. The summed E-state index contributed by atoms with van der Waals surface area (Å²) >= 11 is 1.59. The third-order valence-electron chi connectivity index (χ3n) is 5.48. The number of halogens is 3. The van der Waals surface area contributed by atoms with Crippen molar-refractivity contribution in [2.75, 3.05) is 6.54 Å². The summed E-state index contributed by atoms with van der Waals surface area (Å²) in [6.07, 6.45) is -1.85. The van der Waals surface area contributed by atoms with E-state index in [9.17, 15) is 13.2 Å². The summed E-state index contributed by atoms with van der Waals surface area (Å²) in [6.45, 7) is 4.08. The highest BCUT2D eigenvalue weighted by molar-refractivity contribution is 7.13. The van der Waals surface area contributed by atoms with E-state index < -0.39 is 11.7 Å². The molecule has 0 fully saturated rings. The normalized spacial score (nSPS) is 14.5. The molecule has 0 aliphatic carbocycles. The van der Waals surface area contributed by atoms with Gasteiger partial charge in [0.2, 0.25) is 5.89 Å². The smallest absolute Gasteiger partial charge is 0.416 e. The molecule has 0 unspecified atom stereocenters. The molecule has 1 aromatic carbocycles. The Labute approximate surface area is 186 Å². The van der Waals surface area contributed by atoms with E-state index in [1.807, 2.05) is 24.4 Å². The van der Waals surface area contributed by atoms with Crippen LogP contribution in [0.5, 0.6) is 0 Å². The fourth-order valence-corrected chi connectivity index (χ4v) is 4.40. The molecule has 164 valence electrons. The molecule has 0 N–H and O–H groups in total. The first-order valence-corrected chi connectivity index (χ1v) is 11.0. The molecule has 0 bridgehead atoms. The Balaban J connectivity index is 1.30. The SMILES string of the molecule is Cc1oc(-c2cccs2)nc1CN1CCc2nc(-c3ccc(C(F)(F)F)cc3)ncc2C1. The van der Waals surface area contributed by atoms with Gasteiger partial charge in [0.05, 0.1) is 21.8 Å². The number of alkyl halides is 3. The number of aromatic nitrogens is 3. The topological polar surface area (TPSA) is 55.1 Å². The molecule has 1 aliphatic rings. The van der Waals surface area contributed by atoms with Gasteiger partial charge in [-0.3, -0.25) is 4.90 Å². The van der Waals surface area contributed by atoms with E-state index in [1.165, 1.54) is 12.1 Å². The highest BCUT2D eigenvalue weighted by Crippen LogP contribution is 2.31. The predicted octanol–water partition coefficient (Wildman–Crippen LogP) is 5.75. The second-order valence-corrected chi connectivity index (χ2v) is 8.65. The summed E-state index contributed by atoms with van der Waals surface area (Å²) < 4.78 is 44.2. The molecule has 0 spiro atoms. The molecule has 4 heterocycles. The lowest BCUT2D eigenvalue weighted by atomic mass is 10.1. The highest BCUT2D eigenvalue weighted by atomic mass is 32.1. The third-order valence-corrected chi connectivity index (χ3v) is 6.34. The van der Waals surface area contributed by atoms with E-state index in [2.05, 4.69) is 19.9 Å². The van der Waals surface area contributed by atoms with Crippen LogP contribution < -0.4 is 0 Å². The molecule has 5 rings (SSSR count). The number of oxazole rings is 1. The Kier molecular flexibility index (Phi) is 5.30. The van der Waals surface area contributed by atoms with Crippen molar-refractivity contribution in [3.63, 3.8) is 0 Å². The van der Waals surface area contributed by atoms with Crippen molar-refractivity contribution < 1.29 is 17.6 Å². The number of fused-ring (bicyclic) bond motifs is 1. The number of benzene rings is 1. The van der Waals surface area contributed by atoms with Crippen LogP contribution in [0.3, 0.4) is 0 Å². The maximum atomic E-state index is 12.8. The molecule has 0 saturated carbocycles. The first-order chi connectivity index (χ1) is 15.4. The van der Waals surface area contributed by atoms with Crippen LogP contribution in [-0.4, -0.2) is 26.4 Å². The molecule has 5 nitrogen and oxygen atoms in total. The summed E-state index contributed by atoms with van der Waals surface area (Å²) in [5.41, 5.74) is 2.76. The van der Waals surface area contributed by atoms with E-state index in [0.29, 0.717) is 30.4 Å². The van der Waals surface area contributed by atoms with Gasteiger partial charge in [-0.15, -0.1) is 11.3 Å². The second-order valence-electron chi connectivity index (χ2n) is 7.70. The minimum Gasteiger partial charge on any atom is -0.440 e. The van der Waals surface area contributed by atoms with Gasteiger partial charge in [-0.05, 0) is 30.5 Å². The van der Waals surface area contributed by atoms with Crippen molar-refractivity contribution in [3.05, 3.63) is 76.3 Å². The number of aryl methyl sites for hydroxylation is 1. The first kappa shape index (κ1) is 20.8. The second kappa shape index (κ2) is 8.14. The minimum atomic E-state index is -4.36.